The average molecular weight is 566 g/mol. The highest BCUT2D eigenvalue weighted by Crippen LogP contribution is 2.28. The summed E-state index contributed by atoms with van der Waals surface area (Å²) < 4.78 is 33.3. The van der Waals surface area contributed by atoms with Gasteiger partial charge in [0, 0.05) is 5.38 Å². The van der Waals surface area contributed by atoms with Crippen molar-refractivity contribution in [1.82, 2.24) is 10.3 Å². The summed E-state index contributed by atoms with van der Waals surface area (Å²) in [5, 5.41) is 15.7. The number of aliphatic hydroxyl groups is 1. The Kier molecular flexibility index (Phi) is 9.47. The molecule has 0 radical (unpaired) electrons. The van der Waals surface area contributed by atoms with Crippen LogP contribution in [0.2, 0.25) is 0 Å². The highest BCUT2D eigenvalue weighted by atomic mass is 32.2. The predicted octanol–water partition coefficient (Wildman–Crippen LogP) is 4.84. The number of anilines is 1. The van der Waals surface area contributed by atoms with Gasteiger partial charge in [-0.15, -0.1) is 11.3 Å². The lowest BCUT2D eigenvalue weighted by atomic mass is 9.89. The molecule has 204 valence electrons. The van der Waals surface area contributed by atoms with Crippen molar-refractivity contribution >= 4 is 33.2 Å². The number of thiazole rings is 1. The lowest BCUT2D eigenvalue weighted by Crippen LogP contribution is -2.35. The maximum absolute atomic E-state index is 13.9. The van der Waals surface area contributed by atoms with Crippen LogP contribution in [0.4, 0.5) is 5.69 Å². The molecule has 39 heavy (non-hydrogen) atoms. The second-order valence-electron chi connectivity index (χ2n) is 9.22. The molecule has 4 rings (SSSR count). The minimum atomic E-state index is -4.37. The molecule has 3 aromatic carbocycles. The Morgan fingerprint density at radius 1 is 0.949 bits per heavy atom. The van der Waals surface area contributed by atoms with Crippen LogP contribution in [0.1, 0.15) is 51.8 Å². The summed E-state index contributed by atoms with van der Waals surface area (Å²) in [4.78, 5) is 18.6. The number of nitrogens with one attached hydrogen (secondary N) is 2. The number of carbonyl (C=O) groups excluding carboxylic acids is 1. The summed E-state index contributed by atoms with van der Waals surface area (Å²) in [5.74, 6) is -0.648. The second kappa shape index (κ2) is 13.0. The van der Waals surface area contributed by atoms with Crippen LogP contribution >= 0.6 is 11.3 Å². The van der Waals surface area contributed by atoms with Gasteiger partial charge >= 0.3 is 10.3 Å². The first-order chi connectivity index (χ1) is 18.7. The number of aliphatic hydroxyl groups excluding tert-OH is 1. The van der Waals surface area contributed by atoms with Crippen LogP contribution in [-0.2, 0) is 41.0 Å². The van der Waals surface area contributed by atoms with E-state index in [1.165, 1.54) is 11.3 Å². The van der Waals surface area contributed by atoms with Crippen molar-refractivity contribution in [2.45, 2.75) is 44.8 Å². The van der Waals surface area contributed by atoms with Crippen molar-refractivity contribution in [2.24, 2.45) is 0 Å². The van der Waals surface area contributed by atoms with Crippen LogP contribution in [0.15, 0.2) is 84.2 Å². The van der Waals surface area contributed by atoms with Crippen molar-refractivity contribution < 1.29 is 22.9 Å². The first kappa shape index (κ1) is 28.4. The molecule has 0 fully saturated rings. The quantitative estimate of drug-likeness (QED) is 0.182. The monoisotopic (exact) mass is 565 g/mol. The molecule has 0 aliphatic carbocycles. The number of hydrogen-bond acceptors (Lipinski definition) is 6. The molecule has 2 atom stereocenters. The van der Waals surface area contributed by atoms with Crippen LogP contribution in [0.25, 0.3) is 0 Å². The lowest BCUT2D eigenvalue weighted by Gasteiger charge is -2.23. The summed E-state index contributed by atoms with van der Waals surface area (Å²) >= 11 is 1.49. The predicted molar refractivity (Wildman–Crippen MR) is 153 cm³/mol. The van der Waals surface area contributed by atoms with Crippen LogP contribution in [0.3, 0.4) is 0 Å². The molecule has 1 aromatic heterocycles. The molecule has 1 amide bonds. The van der Waals surface area contributed by atoms with E-state index in [1.807, 2.05) is 71.6 Å². The zero-order valence-electron chi connectivity index (χ0n) is 21.4. The number of rotatable bonds is 12. The number of amides is 1. The molecule has 8 nitrogen and oxygen atoms in total. The van der Waals surface area contributed by atoms with Gasteiger partial charge in [0.15, 0.2) is 0 Å². The van der Waals surface area contributed by atoms with E-state index >= 15 is 0 Å². The molecule has 2 unspecified atom stereocenters. The molecule has 0 saturated heterocycles. The third kappa shape index (κ3) is 8.21. The van der Waals surface area contributed by atoms with Gasteiger partial charge in [0.05, 0.1) is 29.9 Å². The second-order valence-corrected chi connectivity index (χ2v) is 11.3. The van der Waals surface area contributed by atoms with Gasteiger partial charge in [-0.3, -0.25) is 14.1 Å². The summed E-state index contributed by atoms with van der Waals surface area (Å²) in [6.07, 6.45) is 1.70. The van der Waals surface area contributed by atoms with Gasteiger partial charge in [-0.2, -0.15) is 8.42 Å². The standard InChI is InChI=1S/C29H31N3O5S2/c1-2-24-19-38-29(30-24)27(17-21-11-13-25(14-12-21)32-39(35,36)37)31-28(34)26(16-20-7-4-3-5-8-20)23-10-6-9-22(15-23)18-33/h3-15,19,26-27,32-33H,2,16-18H2,1H3,(H,31,34)(H,35,36,37). The number of nitrogens with zero attached hydrogens (tertiary/aromatic N) is 1. The fourth-order valence-corrected chi connectivity index (χ4v) is 5.72. The van der Waals surface area contributed by atoms with E-state index in [2.05, 4.69) is 5.32 Å². The van der Waals surface area contributed by atoms with Gasteiger partial charge < -0.3 is 10.4 Å². The van der Waals surface area contributed by atoms with Gasteiger partial charge in [-0.05, 0) is 53.6 Å². The van der Waals surface area contributed by atoms with Crippen LogP contribution < -0.4 is 10.0 Å². The van der Waals surface area contributed by atoms with E-state index in [0.717, 1.165) is 39.4 Å². The smallest absolute Gasteiger partial charge is 0.357 e. The summed E-state index contributed by atoms with van der Waals surface area (Å²) in [6.45, 7) is 1.91. The SMILES string of the molecule is CCc1csc(C(Cc2ccc(NS(=O)(=O)O)cc2)NC(=O)C(Cc2ccccc2)c2cccc(CO)c2)n1. The van der Waals surface area contributed by atoms with Gasteiger partial charge in [-0.25, -0.2) is 4.98 Å². The fourth-order valence-electron chi connectivity index (χ4n) is 4.33. The van der Waals surface area contributed by atoms with Gasteiger partial charge in [0.1, 0.15) is 5.01 Å². The minimum Gasteiger partial charge on any atom is -0.392 e. The third-order valence-corrected chi connectivity index (χ3v) is 7.82. The Labute approximate surface area is 232 Å². The fraction of sp³-hybridized carbons (Fsp3) is 0.241. The van der Waals surface area contributed by atoms with Crippen LogP contribution in [0, 0.1) is 0 Å². The average Bonchev–Trinajstić information content (AvgIpc) is 3.41. The highest BCUT2D eigenvalue weighted by molar-refractivity contribution is 7.87. The van der Waals surface area contributed by atoms with Gasteiger partial charge in [0.2, 0.25) is 5.91 Å². The molecule has 0 aliphatic rings. The highest BCUT2D eigenvalue weighted by Gasteiger charge is 2.26. The Balaban J connectivity index is 1.62. The zero-order valence-corrected chi connectivity index (χ0v) is 23.1. The van der Waals surface area contributed by atoms with Crippen molar-refractivity contribution in [3.8, 4) is 0 Å². The van der Waals surface area contributed by atoms with Crippen molar-refractivity contribution in [1.29, 1.82) is 0 Å². The minimum absolute atomic E-state index is 0.114. The Hall–Kier alpha value is -3.57. The van der Waals surface area contributed by atoms with Crippen molar-refractivity contribution in [3.05, 3.63) is 117 Å². The normalized spacial score (nSPS) is 13.0. The summed E-state index contributed by atoms with van der Waals surface area (Å²) in [7, 11) is -4.37. The summed E-state index contributed by atoms with van der Waals surface area (Å²) in [6, 6.07) is 23.4. The van der Waals surface area contributed by atoms with E-state index < -0.39 is 22.3 Å². The number of aryl methyl sites for hydroxylation is 1. The largest absolute Gasteiger partial charge is 0.392 e. The molecule has 4 aromatic rings. The lowest BCUT2D eigenvalue weighted by molar-refractivity contribution is -0.123. The van der Waals surface area contributed by atoms with E-state index in [9.17, 15) is 18.3 Å². The Bertz CT molecular complexity index is 1490. The number of aromatic nitrogens is 1. The molecular weight excluding hydrogens is 534 g/mol. The third-order valence-electron chi connectivity index (χ3n) is 6.32. The molecule has 10 heteroatoms. The molecule has 0 bridgehead atoms. The molecule has 0 spiro atoms. The van der Waals surface area contributed by atoms with Crippen LogP contribution in [-0.4, -0.2) is 29.0 Å². The maximum atomic E-state index is 13.9. The first-order valence-corrected chi connectivity index (χ1v) is 14.9. The zero-order chi connectivity index (χ0) is 27.8. The molecule has 0 saturated carbocycles. The number of hydrogen-bond donors (Lipinski definition) is 4. The van der Waals surface area contributed by atoms with E-state index in [0.29, 0.717) is 12.8 Å². The van der Waals surface area contributed by atoms with E-state index in [1.54, 1.807) is 24.3 Å². The number of carbonyl (C=O) groups is 1. The number of benzene rings is 3. The van der Waals surface area contributed by atoms with Crippen molar-refractivity contribution in [3.63, 3.8) is 0 Å². The topological polar surface area (TPSA) is 129 Å². The van der Waals surface area contributed by atoms with Gasteiger partial charge in [-0.1, -0.05) is 73.7 Å². The molecule has 4 N–H and O–H groups in total. The van der Waals surface area contributed by atoms with Gasteiger partial charge in [0.25, 0.3) is 0 Å². The summed E-state index contributed by atoms with van der Waals surface area (Å²) in [5.41, 5.74) is 4.61. The van der Waals surface area contributed by atoms with Crippen molar-refractivity contribution in [2.75, 3.05) is 4.72 Å². The Morgan fingerprint density at radius 3 is 2.28 bits per heavy atom. The maximum Gasteiger partial charge on any atom is 0.357 e. The first-order valence-electron chi connectivity index (χ1n) is 12.6. The van der Waals surface area contributed by atoms with E-state index in [-0.39, 0.29) is 18.2 Å². The van der Waals surface area contributed by atoms with E-state index in [4.69, 9.17) is 9.54 Å². The molecule has 0 aliphatic heterocycles. The molecular formula is C29H31N3O5S2. The van der Waals surface area contributed by atoms with Crippen LogP contribution in [0.5, 0.6) is 0 Å². The molecule has 1 heterocycles. The Morgan fingerprint density at radius 2 is 1.64 bits per heavy atom.